The standard InChI is InChI=1S/C15H19ClN2O2S/c16-14-2-1-12(21)9-13(14)15(19)18-4-3-11(10-18)17-5-7-20-8-6-17/h1-2,9,11,21H,3-8,10H2. The number of likely N-dealkylation sites (tertiary alicyclic amines) is 1. The molecule has 2 aliphatic rings. The van der Waals surface area contributed by atoms with Gasteiger partial charge in [-0.25, -0.2) is 0 Å². The highest BCUT2D eigenvalue weighted by Gasteiger charge is 2.32. The molecule has 0 bridgehead atoms. The Kier molecular flexibility index (Phi) is 4.74. The normalized spacial score (nSPS) is 23.5. The van der Waals surface area contributed by atoms with Crippen LogP contribution in [-0.2, 0) is 4.74 Å². The first kappa shape index (κ1) is 15.2. The Bertz CT molecular complexity index is 534. The zero-order valence-corrected chi connectivity index (χ0v) is 13.4. The highest BCUT2D eigenvalue weighted by atomic mass is 35.5. The Morgan fingerprint density at radius 1 is 1.29 bits per heavy atom. The molecule has 0 spiro atoms. The second-order valence-corrected chi connectivity index (χ2v) is 6.43. The molecule has 0 N–H and O–H groups in total. The van der Waals surface area contributed by atoms with Gasteiger partial charge in [-0.2, -0.15) is 0 Å². The number of carbonyl (C=O) groups is 1. The van der Waals surface area contributed by atoms with Crippen LogP contribution < -0.4 is 0 Å². The maximum absolute atomic E-state index is 12.6. The van der Waals surface area contributed by atoms with Crippen LogP contribution in [0.5, 0.6) is 0 Å². The third kappa shape index (κ3) is 3.37. The summed E-state index contributed by atoms with van der Waals surface area (Å²) >= 11 is 10.4. The van der Waals surface area contributed by atoms with Crippen LogP contribution >= 0.6 is 24.2 Å². The molecule has 1 aromatic rings. The number of halogens is 1. The van der Waals surface area contributed by atoms with Gasteiger partial charge >= 0.3 is 0 Å². The molecule has 1 amide bonds. The Labute approximate surface area is 135 Å². The van der Waals surface area contributed by atoms with E-state index in [-0.39, 0.29) is 5.91 Å². The van der Waals surface area contributed by atoms with E-state index < -0.39 is 0 Å². The van der Waals surface area contributed by atoms with Gasteiger partial charge in [0.1, 0.15) is 0 Å². The number of morpholine rings is 1. The highest BCUT2D eigenvalue weighted by molar-refractivity contribution is 7.80. The van der Waals surface area contributed by atoms with Crippen molar-refractivity contribution < 1.29 is 9.53 Å². The minimum absolute atomic E-state index is 0.00617. The second-order valence-electron chi connectivity index (χ2n) is 5.51. The van der Waals surface area contributed by atoms with Gasteiger partial charge in [-0.05, 0) is 24.6 Å². The summed E-state index contributed by atoms with van der Waals surface area (Å²) in [6, 6.07) is 5.71. The predicted molar refractivity (Wildman–Crippen MR) is 85.4 cm³/mol. The van der Waals surface area contributed by atoms with E-state index in [0.717, 1.165) is 50.7 Å². The molecule has 2 heterocycles. The molecule has 2 fully saturated rings. The number of hydrogen-bond acceptors (Lipinski definition) is 4. The van der Waals surface area contributed by atoms with Gasteiger partial charge in [-0.1, -0.05) is 11.6 Å². The number of rotatable bonds is 2. The van der Waals surface area contributed by atoms with E-state index in [9.17, 15) is 4.79 Å². The van der Waals surface area contributed by atoms with E-state index in [4.69, 9.17) is 16.3 Å². The zero-order valence-electron chi connectivity index (χ0n) is 11.8. The van der Waals surface area contributed by atoms with Gasteiger partial charge in [0.15, 0.2) is 0 Å². The molecule has 1 unspecified atom stereocenters. The number of ether oxygens (including phenoxy) is 1. The van der Waals surface area contributed by atoms with Crippen molar-refractivity contribution in [3.63, 3.8) is 0 Å². The minimum Gasteiger partial charge on any atom is -0.379 e. The topological polar surface area (TPSA) is 32.8 Å². The van der Waals surface area contributed by atoms with Crippen LogP contribution in [0.25, 0.3) is 0 Å². The lowest BCUT2D eigenvalue weighted by atomic mass is 10.2. The van der Waals surface area contributed by atoms with Crippen molar-refractivity contribution in [2.45, 2.75) is 17.4 Å². The highest BCUT2D eigenvalue weighted by Crippen LogP contribution is 2.24. The van der Waals surface area contributed by atoms with Crippen LogP contribution in [0.3, 0.4) is 0 Å². The summed E-state index contributed by atoms with van der Waals surface area (Å²) in [6.45, 7) is 5.05. The fraction of sp³-hybridized carbons (Fsp3) is 0.533. The van der Waals surface area contributed by atoms with E-state index in [0.29, 0.717) is 16.6 Å². The molecule has 0 aliphatic carbocycles. The fourth-order valence-electron chi connectivity index (χ4n) is 3.01. The smallest absolute Gasteiger partial charge is 0.255 e. The van der Waals surface area contributed by atoms with Gasteiger partial charge in [0, 0.05) is 37.1 Å². The largest absolute Gasteiger partial charge is 0.379 e. The van der Waals surface area contributed by atoms with Gasteiger partial charge in [0.05, 0.1) is 23.8 Å². The molecular formula is C15H19ClN2O2S. The van der Waals surface area contributed by atoms with E-state index in [2.05, 4.69) is 17.5 Å². The van der Waals surface area contributed by atoms with Crippen LogP contribution in [0, 0.1) is 0 Å². The van der Waals surface area contributed by atoms with Crippen molar-refractivity contribution in [3.05, 3.63) is 28.8 Å². The average molecular weight is 327 g/mol. The summed E-state index contributed by atoms with van der Waals surface area (Å²) < 4.78 is 5.38. The van der Waals surface area contributed by atoms with Crippen molar-refractivity contribution in [1.82, 2.24) is 9.80 Å². The van der Waals surface area contributed by atoms with Crippen LogP contribution in [-0.4, -0.2) is 61.1 Å². The molecule has 4 nitrogen and oxygen atoms in total. The van der Waals surface area contributed by atoms with Crippen LogP contribution in [0.2, 0.25) is 5.02 Å². The lowest BCUT2D eigenvalue weighted by Gasteiger charge is -2.32. The first-order valence-electron chi connectivity index (χ1n) is 7.25. The molecule has 0 saturated carbocycles. The molecule has 0 aromatic heterocycles. The molecule has 114 valence electrons. The Hall–Kier alpha value is -0.750. The molecule has 3 rings (SSSR count). The summed E-state index contributed by atoms with van der Waals surface area (Å²) in [6.07, 6.45) is 1.02. The molecule has 1 atom stereocenters. The molecule has 2 saturated heterocycles. The van der Waals surface area contributed by atoms with Crippen molar-refractivity contribution in [2.24, 2.45) is 0 Å². The number of carbonyl (C=O) groups excluding carboxylic acids is 1. The molecule has 2 aliphatic heterocycles. The maximum Gasteiger partial charge on any atom is 0.255 e. The third-order valence-corrected chi connectivity index (χ3v) is 4.80. The van der Waals surface area contributed by atoms with Gasteiger partial charge in [0.2, 0.25) is 0 Å². The number of nitrogens with zero attached hydrogens (tertiary/aromatic N) is 2. The van der Waals surface area contributed by atoms with Crippen LogP contribution in [0.15, 0.2) is 23.1 Å². The van der Waals surface area contributed by atoms with Crippen molar-refractivity contribution in [2.75, 3.05) is 39.4 Å². The van der Waals surface area contributed by atoms with E-state index in [1.165, 1.54) is 0 Å². The third-order valence-electron chi connectivity index (χ3n) is 4.19. The fourth-order valence-corrected chi connectivity index (χ4v) is 3.42. The summed E-state index contributed by atoms with van der Waals surface area (Å²) in [5, 5.41) is 0.493. The summed E-state index contributed by atoms with van der Waals surface area (Å²) in [7, 11) is 0. The Morgan fingerprint density at radius 3 is 2.81 bits per heavy atom. The Balaban J connectivity index is 1.67. The lowest BCUT2D eigenvalue weighted by molar-refractivity contribution is 0.0185. The monoisotopic (exact) mass is 326 g/mol. The number of amides is 1. The second kappa shape index (κ2) is 6.57. The molecule has 1 aromatic carbocycles. The van der Waals surface area contributed by atoms with Crippen molar-refractivity contribution in [1.29, 1.82) is 0 Å². The maximum atomic E-state index is 12.6. The minimum atomic E-state index is 0.00617. The number of benzene rings is 1. The van der Waals surface area contributed by atoms with E-state index >= 15 is 0 Å². The number of thiol groups is 1. The quantitative estimate of drug-likeness (QED) is 0.846. The van der Waals surface area contributed by atoms with Crippen LogP contribution in [0.4, 0.5) is 0 Å². The van der Waals surface area contributed by atoms with Crippen molar-refractivity contribution in [3.8, 4) is 0 Å². The molecule has 0 radical (unpaired) electrons. The summed E-state index contributed by atoms with van der Waals surface area (Å²) in [5.74, 6) is 0.00617. The average Bonchev–Trinajstić information content (AvgIpc) is 3.00. The summed E-state index contributed by atoms with van der Waals surface area (Å²) in [4.78, 5) is 17.7. The first-order chi connectivity index (χ1) is 10.1. The first-order valence-corrected chi connectivity index (χ1v) is 8.07. The SMILES string of the molecule is O=C(c1cc(S)ccc1Cl)N1CCC(N2CCOCC2)C1. The van der Waals surface area contributed by atoms with Gasteiger partial charge in [-0.3, -0.25) is 9.69 Å². The number of hydrogen-bond donors (Lipinski definition) is 1. The molecule has 21 heavy (non-hydrogen) atoms. The van der Waals surface area contributed by atoms with Gasteiger partial charge in [-0.15, -0.1) is 12.6 Å². The summed E-state index contributed by atoms with van der Waals surface area (Å²) in [5.41, 5.74) is 0.548. The van der Waals surface area contributed by atoms with Gasteiger partial charge < -0.3 is 9.64 Å². The van der Waals surface area contributed by atoms with E-state index in [1.54, 1.807) is 18.2 Å². The van der Waals surface area contributed by atoms with Gasteiger partial charge in [0.25, 0.3) is 5.91 Å². The molecule has 6 heteroatoms. The lowest BCUT2D eigenvalue weighted by Crippen LogP contribution is -2.45. The van der Waals surface area contributed by atoms with E-state index in [1.807, 2.05) is 4.90 Å². The van der Waals surface area contributed by atoms with Crippen LogP contribution in [0.1, 0.15) is 16.8 Å². The zero-order chi connectivity index (χ0) is 14.8. The predicted octanol–water partition coefficient (Wildman–Crippen LogP) is 2.18. The van der Waals surface area contributed by atoms with Crippen molar-refractivity contribution >= 4 is 30.1 Å². The molecular weight excluding hydrogens is 308 g/mol. The Morgan fingerprint density at radius 2 is 2.05 bits per heavy atom.